The Balaban J connectivity index is 2.03. The third-order valence-electron chi connectivity index (χ3n) is 5.03. The molecule has 2 amide bonds. The molecular formula is C22H23ClN2O7S. The molecule has 0 aliphatic carbocycles. The predicted octanol–water partition coefficient (Wildman–Crippen LogP) is 3.22. The molecule has 2 unspecified atom stereocenters. The van der Waals surface area contributed by atoms with Crippen LogP contribution in [0.1, 0.15) is 18.5 Å². The third-order valence-corrected chi connectivity index (χ3v) is 6.97. The van der Waals surface area contributed by atoms with Gasteiger partial charge in [-0.2, -0.15) is 0 Å². The van der Waals surface area contributed by atoms with Crippen molar-refractivity contribution in [1.29, 1.82) is 0 Å². The molecule has 1 aliphatic heterocycles. The first-order chi connectivity index (χ1) is 15.7. The molecule has 0 aromatic heterocycles. The zero-order chi connectivity index (χ0) is 24.2. The van der Waals surface area contributed by atoms with E-state index in [4.69, 9.17) is 25.8 Å². The standard InChI is InChI=1S/C22H23ClN2O7S/c1-4-32-21(26)19-17(12-33(28,29)15-8-9-18(31-3)16(23)11-15)24-22(27)25-20(19)13-6-5-7-14(10-13)30-2/h5-11,19-20H,4,12H2,1-3H3,(H,25,27). The van der Waals surface area contributed by atoms with Crippen molar-refractivity contribution >= 4 is 39.2 Å². The molecule has 1 aliphatic rings. The topological polar surface area (TPSA) is 120 Å². The van der Waals surface area contributed by atoms with Crippen molar-refractivity contribution < 1.29 is 32.2 Å². The number of sulfone groups is 1. The average Bonchev–Trinajstić information content (AvgIpc) is 2.78. The Morgan fingerprint density at radius 2 is 1.91 bits per heavy atom. The molecule has 0 bridgehead atoms. The fourth-order valence-electron chi connectivity index (χ4n) is 3.50. The summed E-state index contributed by atoms with van der Waals surface area (Å²) >= 11 is 6.08. The minimum Gasteiger partial charge on any atom is -0.497 e. The van der Waals surface area contributed by atoms with E-state index in [-0.39, 0.29) is 22.2 Å². The van der Waals surface area contributed by atoms with Crippen molar-refractivity contribution in [2.24, 2.45) is 10.9 Å². The van der Waals surface area contributed by atoms with Crippen LogP contribution in [0.2, 0.25) is 5.02 Å². The number of ether oxygens (including phenoxy) is 3. The number of halogens is 1. The van der Waals surface area contributed by atoms with Crippen molar-refractivity contribution in [3.63, 3.8) is 0 Å². The Hall–Kier alpha value is -3.11. The van der Waals surface area contributed by atoms with Crippen LogP contribution in [0.25, 0.3) is 0 Å². The van der Waals surface area contributed by atoms with E-state index in [0.717, 1.165) is 0 Å². The molecule has 2 atom stereocenters. The zero-order valence-corrected chi connectivity index (χ0v) is 19.8. The lowest BCUT2D eigenvalue weighted by Crippen LogP contribution is -2.47. The first-order valence-corrected chi connectivity index (χ1v) is 12.0. The summed E-state index contributed by atoms with van der Waals surface area (Å²) in [6.45, 7) is 1.70. The van der Waals surface area contributed by atoms with Gasteiger partial charge in [-0.05, 0) is 42.8 Å². The first kappa shape index (κ1) is 24.5. The molecule has 0 saturated carbocycles. The normalized spacial score (nSPS) is 18.2. The van der Waals surface area contributed by atoms with Gasteiger partial charge >= 0.3 is 12.0 Å². The number of hydrogen-bond donors (Lipinski definition) is 1. The molecule has 0 spiro atoms. The number of nitrogens with one attached hydrogen (secondary N) is 1. The number of carbonyl (C=O) groups is 2. The van der Waals surface area contributed by atoms with E-state index in [1.54, 1.807) is 31.2 Å². The smallest absolute Gasteiger partial charge is 0.341 e. The number of esters is 1. The number of hydrogen-bond acceptors (Lipinski definition) is 7. The van der Waals surface area contributed by atoms with Crippen molar-refractivity contribution in [3.8, 4) is 11.5 Å². The molecular weight excluding hydrogens is 472 g/mol. The molecule has 33 heavy (non-hydrogen) atoms. The molecule has 176 valence electrons. The second-order valence-corrected chi connectivity index (χ2v) is 9.49. The van der Waals surface area contributed by atoms with Gasteiger partial charge in [0.25, 0.3) is 0 Å². The monoisotopic (exact) mass is 494 g/mol. The van der Waals surface area contributed by atoms with Crippen LogP contribution in [0, 0.1) is 5.92 Å². The Morgan fingerprint density at radius 3 is 2.55 bits per heavy atom. The lowest BCUT2D eigenvalue weighted by Gasteiger charge is -2.31. The molecule has 2 aromatic rings. The van der Waals surface area contributed by atoms with Gasteiger partial charge < -0.3 is 19.5 Å². The number of urea groups is 1. The van der Waals surface area contributed by atoms with Crippen LogP contribution in [0.15, 0.2) is 52.4 Å². The summed E-state index contributed by atoms with van der Waals surface area (Å²) < 4.78 is 41.8. The molecule has 1 heterocycles. The Kier molecular flexibility index (Phi) is 7.60. The largest absolute Gasteiger partial charge is 0.497 e. The molecule has 1 N–H and O–H groups in total. The van der Waals surface area contributed by atoms with Crippen LogP contribution >= 0.6 is 11.6 Å². The predicted molar refractivity (Wildman–Crippen MR) is 122 cm³/mol. The molecule has 3 rings (SSSR count). The van der Waals surface area contributed by atoms with Gasteiger partial charge in [0.15, 0.2) is 9.84 Å². The van der Waals surface area contributed by atoms with Crippen molar-refractivity contribution in [2.75, 3.05) is 26.6 Å². The maximum absolute atomic E-state index is 13.1. The second-order valence-electron chi connectivity index (χ2n) is 7.09. The highest BCUT2D eigenvalue weighted by Crippen LogP contribution is 2.32. The zero-order valence-electron chi connectivity index (χ0n) is 18.2. The highest BCUT2D eigenvalue weighted by Gasteiger charge is 2.41. The minimum atomic E-state index is -4.01. The van der Waals surface area contributed by atoms with E-state index < -0.39 is 39.6 Å². The quantitative estimate of drug-likeness (QED) is 0.559. The van der Waals surface area contributed by atoms with E-state index >= 15 is 0 Å². The summed E-state index contributed by atoms with van der Waals surface area (Å²) in [6, 6.07) is 9.10. The Labute approximate surface area is 196 Å². The number of benzene rings is 2. The van der Waals surface area contributed by atoms with E-state index in [0.29, 0.717) is 17.1 Å². The number of amides is 2. The molecule has 0 radical (unpaired) electrons. The van der Waals surface area contributed by atoms with Crippen molar-refractivity contribution in [3.05, 3.63) is 53.1 Å². The second kappa shape index (κ2) is 10.2. The fourth-order valence-corrected chi connectivity index (χ4v) is 5.19. The number of carbonyl (C=O) groups excluding carboxylic acids is 2. The van der Waals surface area contributed by atoms with E-state index in [2.05, 4.69) is 10.3 Å². The number of methoxy groups -OCH3 is 2. The van der Waals surface area contributed by atoms with Crippen molar-refractivity contribution in [2.45, 2.75) is 17.9 Å². The number of rotatable bonds is 8. The average molecular weight is 495 g/mol. The maximum atomic E-state index is 13.1. The highest BCUT2D eigenvalue weighted by molar-refractivity contribution is 7.92. The van der Waals surface area contributed by atoms with E-state index in [1.165, 1.54) is 32.4 Å². The summed E-state index contributed by atoms with van der Waals surface area (Å²) in [7, 11) is -1.12. The lowest BCUT2D eigenvalue weighted by molar-refractivity contribution is -0.146. The van der Waals surface area contributed by atoms with Gasteiger partial charge in [0.1, 0.15) is 17.4 Å². The van der Waals surface area contributed by atoms with Crippen LogP contribution in [0.3, 0.4) is 0 Å². The highest BCUT2D eigenvalue weighted by atomic mass is 35.5. The van der Waals surface area contributed by atoms with Crippen molar-refractivity contribution in [1.82, 2.24) is 5.32 Å². The van der Waals surface area contributed by atoms with Crippen LogP contribution in [-0.4, -0.2) is 52.7 Å². The van der Waals surface area contributed by atoms with E-state index in [9.17, 15) is 18.0 Å². The summed E-state index contributed by atoms with van der Waals surface area (Å²) in [5.74, 6) is -1.71. The Morgan fingerprint density at radius 1 is 1.15 bits per heavy atom. The third kappa shape index (κ3) is 5.45. The minimum absolute atomic E-state index is 0.0717. The molecule has 9 nitrogen and oxygen atoms in total. The fraction of sp³-hybridized carbons (Fsp3) is 0.318. The molecule has 2 aromatic carbocycles. The van der Waals surface area contributed by atoms with Crippen LogP contribution in [0.5, 0.6) is 11.5 Å². The van der Waals surface area contributed by atoms with Crippen LogP contribution in [-0.2, 0) is 19.4 Å². The van der Waals surface area contributed by atoms with Gasteiger partial charge in [0.2, 0.25) is 0 Å². The summed E-state index contributed by atoms with van der Waals surface area (Å²) in [4.78, 5) is 29.0. The van der Waals surface area contributed by atoms with Crippen LogP contribution < -0.4 is 14.8 Å². The summed E-state index contributed by atoms with van der Waals surface area (Å²) in [5.41, 5.74) is 0.412. The number of nitrogens with zero attached hydrogens (tertiary/aromatic N) is 1. The van der Waals surface area contributed by atoms with Gasteiger partial charge in [0.05, 0.1) is 48.3 Å². The molecule has 0 fully saturated rings. The molecule has 0 saturated heterocycles. The van der Waals surface area contributed by atoms with Gasteiger partial charge in [-0.25, -0.2) is 18.2 Å². The molecule has 11 heteroatoms. The van der Waals surface area contributed by atoms with Crippen LogP contribution in [0.4, 0.5) is 4.79 Å². The maximum Gasteiger partial charge on any atom is 0.341 e. The van der Waals surface area contributed by atoms with Gasteiger partial charge in [-0.15, -0.1) is 0 Å². The van der Waals surface area contributed by atoms with E-state index in [1.807, 2.05) is 0 Å². The Bertz CT molecular complexity index is 1200. The SMILES string of the molecule is CCOC(=O)C1C(CS(=O)(=O)c2ccc(OC)c(Cl)c2)=NC(=O)NC1c1cccc(OC)c1. The lowest BCUT2D eigenvalue weighted by atomic mass is 9.88. The summed E-state index contributed by atoms with van der Waals surface area (Å²) in [5, 5.41) is 2.75. The van der Waals surface area contributed by atoms with Gasteiger partial charge in [0, 0.05) is 0 Å². The first-order valence-electron chi connectivity index (χ1n) is 9.95. The number of aliphatic imine (C=N–C) groups is 1. The van der Waals surface area contributed by atoms with Gasteiger partial charge in [-0.1, -0.05) is 23.7 Å². The summed E-state index contributed by atoms with van der Waals surface area (Å²) in [6.07, 6.45) is 0. The van der Waals surface area contributed by atoms with Gasteiger partial charge in [-0.3, -0.25) is 4.79 Å².